The van der Waals surface area contributed by atoms with Crippen LogP contribution in [-0.2, 0) is 0 Å². The lowest BCUT2D eigenvalue weighted by molar-refractivity contribution is -0.0755. The lowest BCUT2D eigenvalue weighted by atomic mass is 9.48. The largest absolute Gasteiger partial charge is 0.393 e. The van der Waals surface area contributed by atoms with Crippen molar-refractivity contribution in [3.05, 3.63) is 0 Å². The second-order valence-corrected chi connectivity index (χ2v) is 11.2. The highest BCUT2D eigenvalue weighted by Gasteiger charge is 2.51. The van der Waals surface area contributed by atoms with Gasteiger partial charge in [0.2, 0.25) is 0 Å². The van der Waals surface area contributed by atoms with Crippen molar-refractivity contribution in [2.75, 3.05) is 0 Å². The van der Waals surface area contributed by atoms with Crippen molar-refractivity contribution in [1.82, 2.24) is 0 Å². The van der Waals surface area contributed by atoms with Crippen LogP contribution in [0.1, 0.15) is 105 Å². The predicted octanol–water partition coefficient (Wildman–Crippen LogP) is 5.95. The van der Waals surface area contributed by atoms with E-state index in [1.165, 1.54) is 51.4 Å². The first-order valence-corrected chi connectivity index (χ1v) is 11.6. The first-order valence-electron chi connectivity index (χ1n) is 11.6. The molecule has 0 saturated heterocycles. The van der Waals surface area contributed by atoms with Crippen molar-refractivity contribution in [2.45, 2.75) is 117 Å². The van der Waals surface area contributed by atoms with Crippen LogP contribution < -0.4 is 0 Å². The van der Waals surface area contributed by atoms with Crippen molar-refractivity contribution in [3.8, 4) is 0 Å². The normalized spacial score (nSPS) is 46.8. The van der Waals surface area contributed by atoms with E-state index < -0.39 is 0 Å². The zero-order valence-corrected chi connectivity index (χ0v) is 17.8. The molecule has 3 fully saturated rings. The van der Waals surface area contributed by atoms with E-state index in [0.717, 1.165) is 49.4 Å². The van der Waals surface area contributed by atoms with Gasteiger partial charge in [-0.1, -0.05) is 27.7 Å². The van der Waals surface area contributed by atoms with E-state index in [4.69, 9.17) is 0 Å². The summed E-state index contributed by atoms with van der Waals surface area (Å²) in [6.07, 6.45) is 14.5. The lowest BCUT2D eigenvalue weighted by Crippen LogP contribution is -2.48. The van der Waals surface area contributed by atoms with Gasteiger partial charge in [-0.2, -0.15) is 0 Å². The number of aliphatic hydroxyl groups excluding tert-OH is 2. The maximum atomic E-state index is 9.83. The molecular weight excluding hydrogens is 320 g/mol. The predicted molar refractivity (Wildman–Crippen MR) is 109 cm³/mol. The topological polar surface area (TPSA) is 40.5 Å². The van der Waals surface area contributed by atoms with Gasteiger partial charge in [0.15, 0.2) is 0 Å². The van der Waals surface area contributed by atoms with E-state index in [1.807, 2.05) is 0 Å². The molecule has 3 rings (SSSR count). The van der Waals surface area contributed by atoms with Gasteiger partial charge in [-0.15, -0.1) is 0 Å². The van der Waals surface area contributed by atoms with Crippen molar-refractivity contribution >= 4 is 0 Å². The fraction of sp³-hybridized carbons (Fsp3) is 1.00. The fourth-order valence-electron chi connectivity index (χ4n) is 6.70. The smallest absolute Gasteiger partial charge is 0.0540 e. The SMILES string of the molecule is CC1C(CC2CCC(O)CC2)CCC(C)(CC2CCC(O)CC2)C1(C)C. The summed E-state index contributed by atoms with van der Waals surface area (Å²) in [6.45, 7) is 10.2. The van der Waals surface area contributed by atoms with Gasteiger partial charge in [0.1, 0.15) is 0 Å². The van der Waals surface area contributed by atoms with Crippen LogP contribution in [0.2, 0.25) is 0 Å². The Morgan fingerprint density at radius 2 is 1.23 bits per heavy atom. The second kappa shape index (κ2) is 8.11. The maximum absolute atomic E-state index is 9.83. The molecule has 3 saturated carbocycles. The molecule has 0 aromatic heterocycles. The minimum Gasteiger partial charge on any atom is -0.393 e. The summed E-state index contributed by atoms with van der Waals surface area (Å²) in [5, 5.41) is 19.6. The van der Waals surface area contributed by atoms with Crippen molar-refractivity contribution < 1.29 is 10.2 Å². The molecule has 0 heterocycles. The Labute approximate surface area is 162 Å². The van der Waals surface area contributed by atoms with Crippen LogP contribution in [0.3, 0.4) is 0 Å². The van der Waals surface area contributed by atoms with Crippen LogP contribution in [0.5, 0.6) is 0 Å². The van der Waals surface area contributed by atoms with E-state index in [1.54, 1.807) is 0 Å². The highest BCUT2D eigenvalue weighted by Crippen LogP contribution is 2.59. The molecule has 3 aliphatic rings. The maximum Gasteiger partial charge on any atom is 0.0540 e. The number of hydrogen-bond donors (Lipinski definition) is 2. The van der Waals surface area contributed by atoms with Gasteiger partial charge in [0, 0.05) is 0 Å². The van der Waals surface area contributed by atoms with Crippen LogP contribution in [0.25, 0.3) is 0 Å². The van der Waals surface area contributed by atoms with Gasteiger partial charge in [0.25, 0.3) is 0 Å². The Morgan fingerprint density at radius 1 is 0.731 bits per heavy atom. The summed E-state index contributed by atoms with van der Waals surface area (Å²) in [4.78, 5) is 0. The van der Waals surface area contributed by atoms with Gasteiger partial charge < -0.3 is 10.2 Å². The highest BCUT2D eigenvalue weighted by molar-refractivity contribution is 5.00. The van der Waals surface area contributed by atoms with Crippen LogP contribution in [-0.4, -0.2) is 22.4 Å². The van der Waals surface area contributed by atoms with Crippen LogP contribution in [0.15, 0.2) is 0 Å². The minimum atomic E-state index is -0.0317. The molecule has 26 heavy (non-hydrogen) atoms. The summed E-state index contributed by atoms with van der Waals surface area (Å²) in [5.41, 5.74) is 0.832. The summed E-state index contributed by atoms with van der Waals surface area (Å²) in [6, 6.07) is 0. The quantitative estimate of drug-likeness (QED) is 0.647. The lowest BCUT2D eigenvalue weighted by Gasteiger charge is -2.57. The summed E-state index contributed by atoms with van der Waals surface area (Å²) in [5.74, 6) is 3.32. The monoisotopic (exact) mass is 364 g/mol. The first kappa shape index (κ1) is 20.6. The molecule has 0 spiro atoms. The third kappa shape index (κ3) is 4.32. The molecule has 3 unspecified atom stereocenters. The van der Waals surface area contributed by atoms with E-state index in [9.17, 15) is 10.2 Å². The molecular formula is C24H44O2. The van der Waals surface area contributed by atoms with Gasteiger partial charge in [-0.25, -0.2) is 0 Å². The van der Waals surface area contributed by atoms with E-state index in [-0.39, 0.29) is 12.2 Å². The molecule has 0 aliphatic heterocycles. The van der Waals surface area contributed by atoms with Gasteiger partial charge in [-0.3, -0.25) is 0 Å². The van der Waals surface area contributed by atoms with Gasteiger partial charge in [0.05, 0.1) is 12.2 Å². The Kier molecular flexibility index (Phi) is 6.44. The van der Waals surface area contributed by atoms with Crippen molar-refractivity contribution in [2.24, 2.45) is 34.5 Å². The van der Waals surface area contributed by atoms with Crippen LogP contribution in [0, 0.1) is 34.5 Å². The highest BCUT2D eigenvalue weighted by atomic mass is 16.3. The molecule has 0 aromatic rings. The van der Waals surface area contributed by atoms with Gasteiger partial charge >= 0.3 is 0 Å². The van der Waals surface area contributed by atoms with E-state index >= 15 is 0 Å². The third-order valence-corrected chi connectivity index (χ3v) is 9.48. The van der Waals surface area contributed by atoms with Crippen molar-refractivity contribution in [1.29, 1.82) is 0 Å². The average molecular weight is 365 g/mol. The van der Waals surface area contributed by atoms with E-state index in [0.29, 0.717) is 10.8 Å². The molecule has 3 atom stereocenters. The molecule has 3 aliphatic carbocycles. The molecule has 152 valence electrons. The summed E-state index contributed by atoms with van der Waals surface area (Å²) >= 11 is 0. The molecule has 0 radical (unpaired) electrons. The molecule has 0 amide bonds. The number of aliphatic hydroxyl groups is 2. The Bertz CT molecular complexity index is 443. The molecule has 2 nitrogen and oxygen atoms in total. The molecule has 0 aromatic carbocycles. The standard InChI is InChI=1S/C24H44O2/c1-17-20(15-18-5-9-21(25)10-6-18)13-14-24(4,23(17,2)3)16-19-7-11-22(26)12-8-19/h17-22,25-26H,5-16H2,1-4H3. The average Bonchev–Trinajstić information content (AvgIpc) is 2.60. The van der Waals surface area contributed by atoms with Gasteiger partial charge in [-0.05, 0) is 112 Å². The van der Waals surface area contributed by atoms with E-state index in [2.05, 4.69) is 27.7 Å². The Hall–Kier alpha value is -0.0800. The van der Waals surface area contributed by atoms with Crippen molar-refractivity contribution in [3.63, 3.8) is 0 Å². The number of rotatable bonds is 4. The summed E-state index contributed by atoms with van der Waals surface area (Å²) in [7, 11) is 0. The molecule has 2 heteroatoms. The third-order valence-electron chi connectivity index (χ3n) is 9.48. The first-order chi connectivity index (χ1) is 12.2. The Balaban J connectivity index is 1.59. The fourth-order valence-corrected chi connectivity index (χ4v) is 6.70. The zero-order chi connectivity index (χ0) is 18.9. The Morgan fingerprint density at radius 3 is 1.77 bits per heavy atom. The van der Waals surface area contributed by atoms with Crippen LogP contribution >= 0.6 is 0 Å². The minimum absolute atomic E-state index is 0.0243. The summed E-state index contributed by atoms with van der Waals surface area (Å²) < 4.78 is 0. The van der Waals surface area contributed by atoms with Crippen LogP contribution in [0.4, 0.5) is 0 Å². The second-order valence-electron chi connectivity index (χ2n) is 11.2. The zero-order valence-electron chi connectivity index (χ0n) is 17.8. The number of hydrogen-bond acceptors (Lipinski definition) is 2. The molecule has 0 bridgehead atoms. The molecule has 2 N–H and O–H groups in total.